The third-order valence-corrected chi connectivity index (χ3v) is 4.22. The molecule has 0 spiro atoms. The monoisotopic (exact) mass is 316 g/mol. The van der Waals surface area contributed by atoms with Gasteiger partial charge in [0.2, 0.25) is 0 Å². The summed E-state index contributed by atoms with van der Waals surface area (Å²) in [5.41, 5.74) is 3.19. The van der Waals surface area contributed by atoms with Crippen LogP contribution in [0.25, 0.3) is 22.4 Å². The molecule has 0 heterocycles. The number of hydrogen-bond acceptors (Lipinski definition) is 1. The molecule has 0 aliphatic carbocycles. The molecule has 24 heavy (non-hydrogen) atoms. The molecule has 0 aliphatic rings. The number of rotatable bonds is 4. The zero-order valence-corrected chi connectivity index (χ0v) is 13.9. The molecular weight excluding hydrogens is 296 g/mol. The molecule has 1 N–H and O–H groups in total. The van der Waals surface area contributed by atoms with E-state index in [4.69, 9.17) is 0 Å². The first-order valence-corrected chi connectivity index (χ1v) is 8.09. The van der Waals surface area contributed by atoms with Crippen LogP contribution >= 0.6 is 0 Å². The first kappa shape index (κ1) is 16.0. The Morgan fingerprint density at radius 3 is 2.25 bits per heavy atom. The lowest BCUT2D eigenvalue weighted by molar-refractivity contribution is -0.130. The van der Waals surface area contributed by atoms with Crippen molar-refractivity contribution in [1.29, 1.82) is 0 Å². The average Bonchev–Trinajstić information content (AvgIpc) is 2.59. The summed E-state index contributed by atoms with van der Waals surface area (Å²) < 4.78 is 0. The second-order valence-electron chi connectivity index (χ2n) is 6.21. The third kappa shape index (κ3) is 3.23. The number of carboxylic acids is 1. The van der Waals surface area contributed by atoms with Crippen LogP contribution in [0.15, 0.2) is 66.7 Å². The van der Waals surface area contributed by atoms with Crippen molar-refractivity contribution in [2.45, 2.75) is 19.8 Å². The van der Waals surface area contributed by atoms with Crippen LogP contribution in [0.4, 0.5) is 0 Å². The lowest BCUT2D eigenvalue weighted by Crippen LogP contribution is -2.00. The van der Waals surface area contributed by atoms with Gasteiger partial charge in [0, 0.05) is 0 Å². The van der Waals surface area contributed by atoms with Gasteiger partial charge in [0.05, 0.1) is 5.57 Å². The second kappa shape index (κ2) is 6.71. The van der Waals surface area contributed by atoms with Gasteiger partial charge in [-0.25, -0.2) is 4.79 Å². The second-order valence-corrected chi connectivity index (χ2v) is 6.21. The molecule has 0 amide bonds. The van der Waals surface area contributed by atoms with E-state index in [1.165, 1.54) is 5.56 Å². The largest absolute Gasteiger partial charge is 0.478 e. The lowest BCUT2D eigenvalue weighted by Gasteiger charge is -2.09. The standard InChI is InChI=1S/C22H20O2/c1-15(2)17-12-10-16(11-13-17)14-21(22(23)24)20-9-5-7-18-6-3-4-8-19(18)20/h3-15H,1-2H3,(H,23,24). The minimum absolute atomic E-state index is 0.309. The maximum absolute atomic E-state index is 11.9. The molecule has 3 aromatic carbocycles. The van der Waals surface area contributed by atoms with Gasteiger partial charge in [0.25, 0.3) is 0 Å². The van der Waals surface area contributed by atoms with Gasteiger partial charge >= 0.3 is 5.97 Å². The van der Waals surface area contributed by atoms with E-state index in [2.05, 4.69) is 26.0 Å². The summed E-state index contributed by atoms with van der Waals surface area (Å²) >= 11 is 0. The molecule has 3 rings (SSSR count). The molecule has 0 aliphatic heterocycles. The maximum Gasteiger partial charge on any atom is 0.336 e. The number of carbonyl (C=O) groups is 1. The van der Waals surface area contributed by atoms with Gasteiger partial charge in [-0.15, -0.1) is 0 Å². The smallest absolute Gasteiger partial charge is 0.336 e. The summed E-state index contributed by atoms with van der Waals surface area (Å²) in [7, 11) is 0. The molecule has 0 saturated heterocycles. The summed E-state index contributed by atoms with van der Waals surface area (Å²) in [5, 5.41) is 11.7. The zero-order chi connectivity index (χ0) is 17.1. The normalized spacial score (nSPS) is 11.9. The Morgan fingerprint density at radius 2 is 1.58 bits per heavy atom. The topological polar surface area (TPSA) is 37.3 Å². The Morgan fingerprint density at radius 1 is 0.917 bits per heavy atom. The number of fused-ring (bicyclic) bond motifs is 1. The van der Waals surface area contributed by atoms with Crippen molar-refractivity contribution >= 4 is 28.4 Å². The minimum atomic E-state index is -0.917. The Kier molecular flexibility index (Phi) is 4.48. The van der Waals surface area contributed by atoms with Gasteiger partial charge < -0.3 is 5.11 Å². The van der Waals surface area contributed by atoms with Crippen molar-refractivity contribution in [3.63, 3.8) is 0 Å². The van der Waals surface area contributed by atoms with Crippen LogP contribution in [0.2, 0.25) is 0 Å². The van der Waals surface area contributed by atoms with E-state index in [0.717, 1.165) is 21.9 Å². The van der Waals surface area contributed by atoms with Gasteiger partial charge in [0.1, 0.15) is 0 Å². The Labute approximate surface area is 142 Å². The lowest BCUT2D eigenvalue weighted by atomic mass is 9.96. The summed E-state index contributed by atoms with van der Waals surface area (Å²) in [6, 6.07) is 21.7. The minimum Gasteiger partial charge on any atom is -0.478 e. The van der Waals surface area contributed by atoms with Gasteiger partial charge in [0.15, 0.2) is 0 Å². The van der Waals surface area contributed by atoms with Crippen molar-refractivity contribution in [2.75, 3.05) is 0 Å². The van der Waals surface area contributed by atoms with Crippen molar-refractivity contribution < 1.29 is 9.90 Å². The molecule has 0 bridgehead atoms. The highest BCUT2D eigenvalue weighted by Gasteiger charge is 2.13. The first-order valence-electron chi connectivity index (χ1n) is 8.09. The number of hydrogen-bond donors (Lipinski definition) is 1. The SMILES string of the molecule is CC(C)c1ccc(C=C(C(=O)O)c2cccc3ccccc23)cc1. The van der Waals surface area contributed by atoms with E-state index in [0.29, 0.717) is 11.5 Å². The van der Waals surface area contributed by atoms with Crippen LogP contribution in [-0.4, -0.2) is 11.1 Å². The fourth-order valence-corrected chi connectivity index (χ4v) is 2.86. The molecular formula is C22H20O2. The van der Waals surface area contributed by atoms with Gasteiger partial charge in [-0.1, -0.05) is 80.6 Å². The third-order valence-electron chi connectivity index (χ3n) is 4.22. The molecule has 0 aromatic heterocycles. The molecule has 2 nitrogen and oxygen atoms in total. The van der Waals surface area contributed by atoms with Crippen LogP contribution in [-0.2, 0) is 4.79 Å². The van der Waals surface area contributed by atoms with Crippen molar-refractivity contribution in [3.8, 4) is 0 Å². The van der Waals surface area contributed by atoms with Crippen LogP contribution in [0.5, 0.6) is 0 Å². The first-order chi connectivity index (χ1) is 11.6. The number of benzene rings is 3. The molecule has 0 unspecified atom stereocenters. The average molecular weight is 316 g/mol. The van der Waals surface area contributed by atoms with E-state index in [1.54, 1.807) is 6.08 Å². The predicted octanol–water partition coefficient (Wildman–Crippen LogP) is 5.59. The van der Waals surface area contributed by atoms with Gasteiger partial charge in [-0.05, 0) is 39.5 Å². The molecule has 3 aromatic rings. The quantitative estimate of drug-likeness (QED) is 0.503. The number of aliphatic carboxylic acids is 1. The van der Waals surface area contributed by atoms with Crippen LogP contribution < -0.4 is 0 Å². The molecule has 0 radical (unpaired) electrons. The Balaban J connectivity index is 2.11. The Bertz CT molecular complexity index is 897. The highest BCUT2D eigenvalue weighted by molar-refractivity contribution is 6.23. The van der Waals surface area contributed by atoms with E-state index in [9.17, 15) is 9.90 Å². The van der Waals surface area contributed by atoms with Gasteiger partial charge in [-0.3, -0.25) is 0 Å². The van der Waals surface area contributed by atoms with Crippen LogP contribution in [0.1, 0.15) is 36.5 Å². The summed E-state index contributed by atoms with van der Waals surface area (Å²) in [5.74, 6) is -0.459. The molecule has 0 fully saturated rings. The maximum atomic E-state index is 11.9. The summed E-state index contributed by atoms with van der Waals surface area (Å²) in [6.07, 6.45) is 1.74. The zero-order valence-electron chi connectivity index (χ0n) is 13.9. The molecule has 2 heteroatoms. The highest BCUT2D eigenvalue weighted by atomic mass is 16.4. The van der Waals surface area contributed by atoms with E-state index in [1.807, 2.05) is 54.6 Å². The van der Waals surface area contributed by atoms with E-state index in [-0.39, 0.29) is 0 Å². The summed E-state index contributed by atoms with van der Waals surface area (Å²) in [4.78, 5) is 11.9. The summed E-state index contributed by atoms with van der Waals surface area (Å²) in [6.45, 7) is 4.28. The van der Waals surface area contributed by atoms with Crippen LogP contribution in [0, 0.1) is 0 Å². The fourth-order valence-electron chi connectivity index (χ4n) is 2.86. The molecule has 0 saturated carbocycles. The van der Waals surface area contributed by atoms with E-state index < -0.39 is 5.97 Å². The van der Waals surface area contributed by atoms with Crippen molar-refractivity contribution in [3.05, 3.63) is 83.4 Å². The Hall–Kier alpha value is -2.87. The van der Waals surface area contributed by atoms with Gasteiger partial charge in [-0.2, -0.15) is 0 Å². The van der Waals surface area contributed by atoms with E-state index >= 15 is 0 Å². The fraction of sp³-hybridized carbons (Fsp3) is 0.136. The molecule has 120 valence electrons. The number of carboxylic acid groups (broad SMARTS) is 1. The van der Waals surface area contributed by atoms with Crippen molar-refractivity contribution in [2.24, 2.45) is 0 Å². The van der Waals surface area contributed by atoms with Crippen LogP contribution in [0.3, 0.4) is 0 Å². The predicted molar refractivity (Wildman–Crippen MR) is 100.0 cm³/mol. The highest BCUT2D eigenvalue weighted by Crippen LogP contribution is 2.27. The van der Waals surface area contributed by atoms with Crippen molar-refractivity contribution in [1.82, 2.24) is 0 Å². The molecule has 0 atom stereocenters.